The Kier molecular flexibility index (Phi) is 33.8. The summed E-state index contributed by atoms with van der Waals surface area (Å²) in [5.74, 6) is 2.22. The number of benzene rings is 4. The number of anilines is 7. The first-order valence-corrected chi connectivity index (χ1v) is 42.0. The van der Waals surface area contributed by atoms with Gasteiger partial charge in [0, 0.05) is 183 Å². The van der Waals surface area contributed by atoms with Gasteiger partial charge in [-0.3, -0.25) is 4.79 Å². The second-order valence-corrected chi connectivity index (χ2v) is 33.7. The van der Waals surface area contributed by atoms with Crippen LogP contribution in [0, 0.1) is 50.4 Å². The van der Waals surface area contributed by atoms with Gasteiger partial charge in [-0.25, -0.2) is 34.3 Å². The Balaban J connectivity index is 0.000000173. The third-order valence-corrected chi connectivity index (χ3v) is 21.7. The number of carbonyl (C=O) groups excluding carboxylic acids is 3. The Morgan fingerprint density at radius 1 is 0.475 bits per heavy atom. The lowest BCUT2D eigenvalue weighted by Gasteiger charge is -2.40. The number of rotatable bonds is 11. The number of aromatic carboxylic acids is 1. The fourth-order valence-corrected chi connectivity index (χ4v) is 15.4. The number of para-hydroxylation sites is 2. The van der Waals surface area contributed by atoms with E-state index in [4.69, 9.17) is 9.47 Å². The highest BCUT2D eigenvalue weighted by atomic mass is 79.9. The van der Waals surface area contributed by atoms with Crippen molar-refractivity contribution in [3.8, 4) is 12.1 Å². The molecule has 6 fully saturated rings. The summed E-state index contributed by atoms with van der Waals surface area (Å²) in [5.41, 5.74) is 9.67. The van der Waals surface area contributed by atoms with E-state index < -0.39 is 17.2 Å². The molecule has 0 spiro atoms. The molecule has 8 aromatic rings. The van der Waals surface area contributed by atoms with Crippen LogP contribution < -0.4 is 45.8 Å². The number of carboxylic acids is 1. The maximum Gasteiger partial charge on any atom is 0.410 e. The van der Waals surface area contributed by atoms with Crippen LogP contribution in [0.5, 0.6) is 0 Å². The van der Waals surface area contributed by atoms with Gasteiger partial charge in [0.1, 0.15) is 45.4 Å². The number of amides is 3. The van der Waals surface area contributed by atoms with Crippen molar-refractivity contribution in [3.05, 3.63) is 219 Å². The first-order valence-electron chi connectivity index (χ1n) is 41.2. The Labute approximate surface area is 707 Å². The van der Waals surface area contributed by atoms with E-state index in [1.54, 1.807) is 28.3 Å². The van der Waals surface area contributed by atoms with Gasteiger partial charge in [0.15, 0.2) is 0 Å². The number of carbonyl (C=O) groups is 4. The number of halogens is 1. The van der Waals surface area contributed by atoms with E-state index >= 15 is 0 Å². The number of pyridine rings is 4. The van der Waals surface area contributed by atoms with E-state index in [9.17, 15) is 34.8 Å². The minimum absolute atomic E-state index is 0.0981. The van der Waals surface area contributed by atoms with E-state index in [-0.39, 0.29) is 30.2 Å². The molecule has 0 radical (unpaired) electrons. The van der Waals surface area contributed by atoms with Gasteiger partial charge < -0.3 is 75.0 Å². The van der Waals surface area contributed by atoms with Crippen LogP contribution in [-0.2, 0) is 9.47 Å². The van der Waals surface area contributed by atoms with Crippen molar-refractivity contribution in [2.75, 3.05) is 140 Å². The molecule has 4 atom stereocenters. The third-order valence-electron chi connectivity index (χ3n) is 21.2. The maximum absolute atomic E-state index is 13.7. The van der Waals surface area contributed by atoms with Gasteiger partial charge >= 0.3 is 18.2 Å². The highest BCUT2D eigenvalue weighted by molar-refractivity contribution is 9.10. The summed E-state index contributed by atoms with van der Waals surface area (Å²) in [7, 11) is 0. The molecule has 0 bridgehead atoms. The predicted octanol–water partition coefficient (Wildman–Crippen LogP) is 15.4. The molecule has 0 aliphatic carbocycles. The number of aromatic nitrogens is 4. The summed E-state index contributed by atoms with van der Waals surface area (Å²) in [6.45, 7) is 41.1. The lowest BCUT2D eigenvalue weighted by Crippen LogP contribution is -2.54. The SMILES string of the molecule is Brc1ccccn1.C[C@H]1CN(C(=O)OC(C)(C)C)CCN1.C[C@H]1CN(C(=O)OC(C)(C)C)CCN1c1ccccn1.C[C@H]1CNCCN1c1ccccn1.Cc1cc(C)c(C(=O)N2CCN(c3ccccn3)[C@@H](C)C2)cc1NC1CCN(c2ccccc2C#N)CC1.Cc1cc(C)c(C(=O)O)cc1NC1CCN(c2ccccc2C#N)CC1. The summed E-state index contributed by atoms with van der Waals surface area (Å²) in [6, 6.07) is 53.5. The quantitative estimate of drug-likeness (QED) is 0.0752. The number of hydrogen-bond donors (Lipinski definition) is 5. The Morgan fingerprint density at radius 2 is 0.881 bits per heavy atom. The molecule has 3 amide bonds. The van der Waals surface area contributed by atoms with E-state index in [1.165, 1.54) is 0 Å². The van der Waals surface area contributed by atoms with Crippen LogP contribution in [0.15, 0.2) is 175 Å². The second-order valence-electron chi connectivity index (χ2n) is 32.8. The molecule has 4 aromatic carbocycles. The van der Waals surface area contributed by atoms with Gasteiger partial charge in [-0.05, 0) is 246 Å². The fourth-order valence-electron chi connectivity index (χ4n) is 15.1. The molecule has 25 nitrogen and oxygen atoms in total. The number of carboxylic acid groups (broad SMARTS) is 1. The number of piperazine rings is 4. The number of hydrogen-bond acceptors (Lipinski definition) is 21. The first kappa shape index (κ1) is 90.8. The zero-order chi connectivity index (χ0) is 85.1. The number of piperidine rings is 2. The van der Waals surface area contributed by atoms with Crippen LogP contribution in [-0.4, -0.2) is 216 Å². The number of ether oxygens (including phenoxy) is 2. The summed E-state index contributed by atoms with van der Waals surface area (Å²) in [5, 5.41) is 42.0. The average Bonchev–Trinajstić information content (AvgIpc) is 0.808. The van der Waals surface area contributed by atoms with Crippen molar-refractivity contribution in [2.45, 2.75) is 170 Å². The second kappa shape index (κ2) is 43.9. The molecule has 0 saturated carbocycles. The molecule has 4 aromatic heterocycles. The smallest absolute Gasteiger partial charge is 0.410 e. The van der Waals surface area contributed by atoms with Crippen LogP contribution in [0.2, 0.25) is 0 Å². The number of nitrogens with one attached hydrogen (secondary N) is 4. The molecular formula is C92H121BrN18O7. The largest absolute Gasteiger partial charge is 0.478 e. The lowest BCUT2D eigenvalue weighted by atomic mass is 9.99. The van der Waals surface area contributed by atoms with Crippen molar-refractivity contribution >= 4 is 80.2 Å². The van der Waals surface area contributed by atoms with Crippen molar-refractivity contribution in [2.24, 2.45) is 0 Å². The summed E-state index contributed by atoms with van der Waals surface area (Å²) >= 11 is 3.20. The lowest BCUT2D eigenvalue weighted by molar-refractivity contribution is 0.0197. The molecular weight excluding hydrogens is 1550 g/mol. The monoisotopic (exact) mass is 1670 g/mol. The molecule has 6 aliphatic rings. The number of nitrogens with zero attached hydrogens (tertiary/aromatic N) is 14. The molecule has 14 rings (SSSR count). The third kappa shape index (κ3) is 27.3. The fraction of sp³-hybridized carbons (Fsp3) is 0.457. The van der Waals surface area contributed by atoms with Gasteiger partial charge in [-0.15, -0.1) is 0 Å². The van der Waals surface area contributed by atoms with Crippen molar-refractivity contribution in [3.63, 3.8) is 0 Å². The molecule has 26 heteroatoms. The molecule has 628 valence electrons. The van der Waals surface area contributed by atoms with Crippen LogP contribution in [0.3, 0.4) is 0 Å². The minimum atomic E-state index is -0.895. The van der Waals surface area contributed by atoms with Crippen LogP contribution in [0.4, 0.5) is 49.8 Å². The zero-order valence-corrected chi connectivity index (χ0v) is 72.9. The van der Waals surface area contributed by atoms with Gasteiger partial charge in [0.2, 0.25) is 0 Å². The molecule has 5 N–H and O–H groups in total. The zero-order valence-electron chi connectivity index (χ0n) is 71.3. The van der Waals surface area contributed by atoms with E-state index in [1.807, 2.05) is 201 Å². The first-order chi connectivity index (χ1) is 56.4. The number of aryl methyl sites for hydroxylation is 4. The summed E-state index contributed by atoms with van der Waals surface area (Å²) in [4.78, 5) is 82.8. The minimum Gasteiger partial charge on any atom is -0.478 e. The molecule has 6 saturated heterocycles. The van der Waals surface area contributed by atoms with Crippen LogP contribution >= 0.6 is 15.9 Å². The summed E-state index contributed by atoms with van der Waals surface area (Å²) in [6.07, 6.45) is 10.6. The molecule has 6 aliphatic heterocycles. The topological polar surface area (TPSA) is 280 Å². The Morgan fingerprint density at radius 3 is 1.27 bits per heavy atom. The van der Waals surface area contributed by atoms with Crippen molar-refractivity contribution in [1.82, 2.24) is 45.3 Å². The van der Waals surface area contributed by atoms with Crippen LogP contribution in [0.1, 0.15) is 149 Å². The van der Waals surface area contributed by atoms with E-state index in [2.05, 4.69) is 147 Å². The van der Waals surface area contributed by atoms with E-state index in [0.29, 0.717) is 61.5 Å². The van der Waals surface area contributed by atoms with E-state index in [0.717, 1.165) is 182 Å². The van der Waals surface area contributed by atoms with Crippen molar-refractivity contribution in [1.29, 1.82) is 10.5 Å². The van der Waals surface area contributed by atoms with Gasteiger partial charge in [0.25, 0.3) is 5.91 Å². The maximum atomic E-state index is 13.7. The molecule has 0 unspecified atom stereocenters. The predicted molar refractivity (Wildman–Crippen MR) is 476 cm³/mol. The molecule has 118 heavy (non-hydrogen) atoms. The Hall–Kier alpha value is -11.1. The number of nitriles is 2. The van der Waals surface area contributed by atoms with Crippen molar-refractivity contribution < 1.29 is 33.8 Å². The van der Waals surface area contributed by atoms with Gasteiger partial charge in [-0.1, -0.05) is 60.7 Å². The standard InChI is InChI=1S/C31H36N6O.C21H23N3O2.C15H23N3O2.C10H15N3.C10H20N2O2.C5H4BrN/c1-22-18-23(2)28(34-26-11-14-35(15-12-26)29-9-5-4-8-25(29)20-32)19-27(22)31(38)36-16-17-37(24(3)21-36)30-10-6-7-13-33-30;1-14-11-15(2)19(12-18(14)21(25)26)23-17-7-9-24(10-8-17)20-6-4-3-5-16(20)13-22;1-12-11-17(14(19)20-15(2,3)4)9-10-18(12)13-7-5-6-8-16-13;1-9-8-11-6-7-13(9)10-4-2-3-5-12-10;1-8-7-12(6-5-11-8)9(13)14-10(2,3)4;6-5-3-1-2-4-7-5/h4-10,13,18-19,24,26,34H,11-12,14-17,21H2,1-3H3;3-6,11-12,17,23H,7-10H2,1-2H3,(H,25,26);5-8,12H,9-11H2,1-4H3;2-5,9,11H,6-8H2,1H3;8,11H,5-7H2,1-4H3;1-4H/t24-;;12-;9-;8-;/m0.000./s1. The van der Waals surface area contributed by atoms with Gasteiger partial charge in [0.05, 0.1) is 28.1 Å². The highest BCUT2D eigenvalue weighted by Crippen LogP contribution is 2.32. The molecule has 10 heterocycles. The highest BCUT2D eigenvalue weighted by Gasteiger charge is 2.33. The average molecular weight is 1670 g/mol. The normalized spacial score (nSPS) is 18.3. The summed E-state index contributed by atoms with van der Waals surface area (Å²) < 4.78 is 11.6. The van der Waals surface area contributed by atoms with Gasteiger partial charge in [-0.2, -0.15) is 10.5 Å². The Bertz CT molecular complexity index is 4610. The van der Waals surface area contributed by atoms with Crippen LogP contribution in [0.25, 0.3) is 0 Å².